The molecular formula is C17H26N2O3. The summed E-state index contributed by atoms with van der Waals surface area (Å²) < 4.78 is 10.8. The number of rotatable bonds is 7. The molecule has 0 spiro atoms. The Labute approximate surface area is 132 Å². The first kappa shape index (κ1) is 16.8. The highest BCUT2D eigenvalue weighted by Gasteiger charge is 2.28. The molecule has 3 N–H and O–H groups in total. The third-order valence-electron chi connectivity index (χ3n) is 4.29. The van der Waals surface area contributed by atoms with Gasteiger partial charge in [0.15, 0.2) is 0 Å². The Morgan fingerprint density at radius 2 is 2.27 bits per heavy atom. The maximum absolute atomic E-state index is 12.2. The average molecular weight is 306 g/mol. The summed E-state index contributed by atoms with van der Waals surface area (Å²) in [6.45, 7) is 2.79. The van der Waals surface area contributed by atoms with Crippen molar-refractivity contribution in [1.29, 1.82) is 0 Å². The zero-order chi connectivity index (χ0) is 15.9. The van der Waals surface area contributed by atoms with Crippen molar-refractivity contribution in [3.05, 3.63) is 29.8 Å². The predicted molar refractivity (Wildman–Crippen MR) is 85.6 cm³/mol. The summed E-state index contributed by atoms with van der Waals surface area (Å²) in [5.41, 5.74) is 6.73. The molecule has 0 aromatic heterocycles. The number of hydrogen-bond donors (Lipinski definition) is 2. The van der Waals surface area contributed by atoms with Crippen LogP contribution in [0.15, 0.2) is 24.3 Å². The van der Waals surface area contributed by atoms with Crippen LogP contribution in [0.2, 0.25) is 0 Å². The third kappa shape index (κ3) is 4.45. The van der Waals surface area contributed by atoms with Gasteiger partial charge in [0.25, 0.3) is 0 Å². The van der Waals surface area contributed by atoms with Crippen LogP contribution >= 0.6 is 0 Å². The summed E-state index contributed by atoms with van der Waals surface area (Å²) in [6, 6.07) is 7.85. The fourth-order valence-corrected chi connectivity index (χ4v) is 2.87. The molecular weight excluding hydrogens is 280 g/mol. The monoisotopic (exact) mass is 306 g/mol. The summed E-state index contributed by atoms with van der Waals surface area (Å²) >= 11 is 0. The van der Waals surface area contributed by atoms with Gasteiger partial charge in [-0.15, -0.1) is 0 Å². The van der Waals surface area contributed by atoms with Crippen LogP contribution in [0, 0.1) is 5.92 Å². The summed E-state index contributed by atoms with van der Waals surface area (Å²) in [5, 5.41) is 3.07. The molecule has 22 heavy (non-hydrogen) atoms. The first-order valence-electron chi connectivity index (χ1n) is 7.89. The van der Waals surface area contributed by atoms with Crippen LogP contribution in [0.3, 0.4) is 0 Å². The largest absolute Gasteiger partial charge is 0.497 e. The second-order valence-corrected chi connectivity index (χ2v) is 5.85. The van der Waals surface area contributed by atoms with Crippen molar-refractivity contribution >= 4 is 5.91 Å². The number of benzene rings is 1. The van der Waals surface area contributed by atoms with Gasteiger partial charge in [0.05, 0.1) is 13.7 Å². The molecule has 0 saturated heterocycles. The zero-order valence-electron chi connectivity index (χ0n) is 13.4. The van der Waals surface area contributed by atoms with Gasteiger partial charge < -0.3 is 20.5 Å². The number of ether oxygens (including phenoxy) is 2. The summed E-state index contributed by atoms with van der Waals surface area (Å²) in [6.07, 6.45) is 2.76. The number of nitrogens with two attached hydrogens (primary N) is 1. The molecule has 3 atom stereocenters. The van der Waals surface area contributed by atoms with Crippen molar-refractivity contribution in [3.8, 4) is 5.75 Å². The van der Waals surface area contributed by atoms with E-state index in [9.17, 15) is 4.79 Å². The molecule has 1 aromatic carbocycles. The van der Waals surface area contributed by atoms with Gasteiger partial charge in [-0.3, -0.25) is 4.79 Å². The van der Waals surface area contributed by atoms with E-state index in [1.165, 1.54) is 0 Å². The summed E-state index contributed by atoms with van der Waals surface area (Å²) in [4.78, 5) is 12.2. The van der Waals surface area contributed by atoms with Gasteiger partial charge in [-0.1, -0.05) is 18.6 Å². The first-order valence-corrected chi connectivity index (χ1v) is 7.89. The minimum Gasteiger partial charge on any atom is -0.497 e. The van der Waals surface area contributed by atoms with Gasteiger partial charge in [0.1, 0.15) is 11.9 Å². The normalized spacial score (nSPS) is 22.3. The highest BCUT2D eigenvalue weighted by molar-refractivity contribution is 5.80. The molecule has 122 valence electrons. The number of hydrogen-bond acceptors (Lipinski definition) is 4. The lowest BCUT2D eigenvalue weighted by molar-refractivity contribution is -0.133. The van der Waals surface area contributed by atoms with Crippen molar-refractivity contribution in [2.45, 2.75) is 44.9 Å². The molecule has 2 rings (SSSR count). The van der Waals surface area contributed by atoms with Gasteiger partial charge in [0, 0.05) is 6.04 Å². The SMILES string of the molecule is COc1cccc(COC(C)C(=O)NC2CCCC2CN)c1. The van der Waals surface area contributed by atoms with E-state index in [1.807, 2.05) is 24.3 Å². The molecule has 0 aliphatic heterocycles. The lowest BCUT2D eigenvalue weighted by Crippen LogP contribution is -2.44. The van der Waals surface area contributed by atoms with E-state index >= 15 is 0 Å². The molecule has 1 saturated carbocycles. The molecule has 5 heteroatoms. The van der Waals surface area contributed by atoms with E-state index in [1.54, 1.807) is 14.0 Å². The highest BCUT2D eigenvalue weighted by Crippen LogP contribution is 2.24. The minimum atomic E-state index is -0.481. The van der Waals surface area contributed by atoms with Gasteiger partial charge >= 0.3 is 0 Å². The third-order valence-corrected chi connectivity index (χ3v) is 4.29. The molecule has 3 unspecified atom stereocenters. The maximum atomic E-state index is 12.2. The molecule has 1 aromatic rings. The molecule has 0 bridgehead atoms. The van der Waals surface area contributed by atoms with Crippen molar-refractivity contribution in [3.63, 3.8) is 0 Å². The molecule has 1 fully saturated rings. The minimum absolute atomic E-state index is 0.0618. The molecule has 1 amide bonds. The Morgan fingerprint density at radius 3 is 3.00 bits per heavy atom. The Hall–Kier alpha value is -1.59. The van der Waals surface area contributed by atoms with Crippen LogP contribution < -0.4 is 15.8 Å². The molecule has 0 heterocycles. The van der Waals surface area contributed by atoms with Gasteiger partial charge in [0.2, 0.25) is 5.91 Å². The second kappa shape index (κ2) is 8.15. The van der Waals surface area contributed by atoms with Crippen LogP contribution in [0.1, 0.15) is 31.7 Å². The van der Waals surface area contributed by atoms with Gasteiger partial charge in [-0.05, 0) is 49.9 Å². The van der Waals surface area contributed by atoms with Crippen molar-refractivity contribution in [2.24, 2.45) is 11.7 Å². The highest BCUT2D eigenvalue weighted by atomic mass is 16.5. The number of carbonyl (C=O) groups is 1. The Balaban J connectivity index is 1.81. The Kier molecular flexibility index (Phi) is 6.21. The van der Waals surface area contributed by atoms with Crippen LogP contribution in [0.5, 0.6) is 5.75 Å². The van der Waals surface area contributed by atoms with E-state index in [4.69, 9.17) is 15.2 Å². The summed E-state index contributed by atoms with van der Waals surface area (Å²) in [7, 11) is 1.63. The lowest BCUT2D eigenvalue weighted by Gasteiger charge is -2.22. The molecule has 5 nitrogen and oxygen atoms in total. The maximum Gasteiger partial charge on any atom is 0.249 e. The van der Waals surface area contributed by atoms with Crippen LogP contribution in [-0.4, -0.2) is 31.7 Å². The van der Waals surface area contributed by atoms with Crippen molar-refractivity contribution in [2.75, 3.05) is 13.7 Å². The van der Waals surface area contributed by atoms with Crippen LogP contribution in [0.25, 0.3) is 0 Å². The Bertz CT molecular complexity index is 493. The molecule has 1 aliphatic rings. The van der Waals surface area contributed by atoms with E-state index in [0.29, 0.717) is 19.1 Å². The fourth-order valence-electron chi connectivity index (χ4n) is 2.87. The lowest BCUT2D eigenvalue weighted by atomic mass is 10.0. The quantitative estimate of drug-likeness (QED) is 0.806. The van der Waals surface area contributed by atoms with Gasteiger partial charge in [-0.25, -0.2) is 0 Å². The first-order chi connectivity index (χ1) is 10.6. The number of carbonyl (C=O) groups excluding carboxylic acids is 1. The standard InChI is InChI=1S/C17H26N2O3/c1-12(17(20)19-16-8-4-6-14(16)10-18)22-11-13-5-3-7-15(9-13)21-2/h3,5,7,9,12,14,16H,4,6,8,10-11,18H2,1-2H3,(H,19,20). The van der Waals surface area contributed by atoms with Crippen LogP contribution in [0.4, 0.5) is 0 Å². The average Bonchev–Trinajstić information content (AvgIpc) is 2.99. The Morgan fingerprint density at radius 1 is 1.45 bits per heavy atom. The fraction of sp³-hybridized carbons (Fsp3) is 0.588. The van der Waals surface area contributed by atoms with Crippen molar-refractivity contribution in [1.82, 2.24) is 5.32 Å². The topological polar surface area (TPSA) is 73.6 Å². The number of nitrogens with one attached hydrogen (secondary N) is 1. The smallest absolute Gasteiger partial charge is 0.249 e. The zero-order valence-corrected chi connectivity index (χ0v) is 13.4. The molecule has 0 radical (unpaired) electrons. The predicted octanol–water partition coefficient (Wildman–Crippen LogP) is 1.84. The van der Waals surface area contributed by atoms with E-state index in [0.717, 1.165) is 30.6 Å². The number of amides is 1. The van der Waals surface area contributed by atoms with E-state index < -0.39 is 6.10 Å². The van der Waals surface area contributed by atoms with E-state index in [-0.39, 0.29) is 11.9 Å². The van der Waals surface area contributed by atoms with Crippen LogP contribution in [-0.2, 0) is 16.1 Å². The number of methoxy groups -OCH3 is 1. The second-order valence-electron chi connectivity index (χ2n) is 5.85. The van der Waals surface area contributed by atoms with Crippen molar-refractivity contribution < 1.29 is 14.3 Å². The molecule has 1 aliphatic carbocycles. The van der Waals surface area contributed by atoms with E-state index in [2.05, 4.69) is 5.32 Å². The summed E-state index contributed by atoms with van der Waals surface area (Å²) in [5.74, 6) is 1.12. The van der Waals surface area contributed by atoms with Gasteiger partial charge in [-0.2, -0.15) is 0 Å².